The molecule has 0 spiro atoms. The van der Waals surface area contributed by atoms with Gasteiger partial charge in [-0.3, -0.25) is 9.36 Å². The van der Waals surface area contributed by atoms with Gasteiger partial charge in [0.2, 0.25) is 5.91 Å². The van der Waals surface area contributed by atoms with Crippen LogP contribution in [-0.2, 0) is 9.53 Å². The first kappa shape index (κ1) is 15.1. The molecule has 2 heterocycles. The summed E-state index contributed by atoms with van der Waals surface area (Å²) in [6.07, 6.45) is -2.21. The number of aliphatic hydroxyl groups is 2. The van der Waals surface area contributed by atoms with Crippen LogP contribution in [0.2, 0.25) is 0 Å². The summed E-state index contributed by atoms with van der Waals surface area (Å²) in [6.45, 7) is 1.52. The Kier molecular flexibility index (Phi) is 3.71. The number of ether oxygens (including phenoxy) is 1. The molecule has 22 heavy (non-hydrogen) atoms. The lowest BCUT2D eigenvalue weighted by molar-refractivity contribution is -0.117. The van der Waals surface area contributed by atoms with Crippen molar-refractivity contribution in [2.45, 2.75) is 44.3 Å². The van der Waals surface area contributed by atoms with E-state index in [4.69, 9.17) is 4.74 Å². The highest BCUT2D eigenvalue weighted by atomic mass is 19.1. The average molecular weight is 313 g/mol. The lowest BCUT2D eigenvalue weighted by Crippen LogP contribution is -2.36. The summed E-state index contributed by atoms with van der Waals surface area (Å²) in [5.74, 6) is -1.89. The molecule has 120 valence electrons. The van der Waals surface area contributed by atoms with Crippen LogP contribution < -0.4 is 11.0 Å². The van der Waals surface area contributed by atoms with Crippen LogP contribution in [0.5, 0.6) is 0 Å². The number of aliphatic hydroxyl groups excluding tert-OH is 2. The first-order valence-corrected chi connectivity index (χ1v) is 6.99. The maximum atomic E-state index is 14.0. The molecular weight excluding hydrogens is 297 g/mol. The van der Waals surface area contributed by atoms with E-state index < -0.39 is 41.9 Å². The second kappa shape index (κ2) is 5.41. The molecule has 8 nitrogen and oxygen atoms in total. The van der Waals surface area contributed by atoms with Crippen molar-refractivity contribution in [3.05, 3.63) is 22.5 Å². The molecule has 0 bridgehead atoms. The highest BCUT2D eigenvalue weighted by Crippen LogP contribution is 2.31. The summed E-state index contributed by atoms with van der Waals surface area (Å²) in [7, 11) is 0. The van der Waals surface area contributed by atoms with Crippen LogP contribution in [0.1, 0.15) is 26.0 Å². The van der Waals surface area contributed by atoms with Gasteiger partial charge in [-0.1, -0.05) is 0 Å². The van der Waals surface area contributed by atoms with E-state index in [9.17, 15) is 24.2 Å². The van der Waals surface area contributed by atoms with Crippen molar-refractivity contribution in [3.63, 3.8) is 0 Å². The summed E-state index contributed by atoms with van der Waals surface area (Å²) in [5.41, 5.74) is -0.891. The smallest absolute Gasteiger partial charge is 0.351 e. The van der Waals surface area contributed by atoms with Gasteiger partial charge in [-0.15, -0.1) is 0 Å². The molecule has 2 unspecified atom stereocenters. The fourth-order valence-electron chi connectivity index (χ4n) is 2.34. The van der Waals surface area contributed by atoms with Crippen molar-refractivity contribution in [1.82, 2.24) is 9.55 Å². The van der Waals surface area contributed by atoms with E-state index in [1.54, 1.807) is 0 Å². The SMILES string of the molecule is C[C@H]1O[C@@H](n2cc(F)c(NC(=O)C3CC3)nc2=O)C(O)C1O. The molecule has 3 N–H and O–H groups in total. The largest absolute Gasteiger partial charge is 0.388 e. The number of hydrogen-bond donors (Lipinski definition) is 3. The Hall–Kier alpha value is -1.84. The standard InChI is InChI=1S/C13H16FN3O5/c1-5-8(18)9(19)12(22-5)17-4-7(14)10(16-13(17)21)15-11(20)6-2-3-6/h4-6,8-9,12,18-19H,2-3H2,1H3,(H,15,16,20,21)/t5-,8?,9?,12-/m1/s1. The maximum absolute atomic E-state index is 14.0. The fraction of sp³-hybridized carbons (Fsp3) is 0.615. The van der Waals surface area contributed by atoms with Gasteiger partial charge in [-0.2, -0.15) is 4.98 Å². The molecule has 1 saturated carbocycles. The lowest BCUT2D eigenvalue weighted by Gasteiger charge is -2.17. The van der Waals surface area contributed by atoms with Crippen LogP contribution in [0, 0.1) is 11.7 Å². The first-order valence-electron chi connectivity index (χ1n) is 6.99. The van der Waals surface area contributed by atoms with Gasteiger partial charge in [0.25, 0.3) is 0 Å². The average Bonchev–Trinajstić information content (AvgIpc) is 3.28. The zero-order chi connectivity index (χ0) is 16.0. The van der Waals surface area contributed by atoms with Crippen LogP contribution in [-0.4, -0.2) is 44.0 Å². The monoisotopic (exact) mass is 313 g/mol. The van der Waals surface area contributed by atoms with E-state index in [-0.39, 0.29) is 11.8 Å². The van der Waals surface area contributed by atoms with Gasteiger partial charge in [0.05, 0.1) is 12.3 Å². The Labute approximate surface area is 124 Å². The van der Waals surface area contributed by atoms with Crippen molar-refractivity contribution in [1.29, 1.82) is 0 Å². The number of rotatable bonds is 3. The Morgan fingerprint density at radius 2 is 2.14 bits per heavy atom. The Bertz CT molecular complexity index is 660. The van der Waals surface area contributed by atoms with E-state index in [1.807, 2.05) is 0 Å². The van der Waals surface area contributed by atoms with Gasteiger partial charge in [0.15, 0.2) is 17.9 Å². The van der Waals surface area contributed by atoms with Crippen molar-refractivity contribution < 1.29 is 24.1 Å². The molecule has 0 radical (unpaired) electrons. The van der Waals surface area contributed by atoms with Gasteiger partial charge in [-0.25, -0.2) is 9.18 Å². The second-order valence-corrected chi connectivity index (χ2v) is 5.60. The molecule has 0 aromatic carbocycles. The van der Waals surface area contributed by atoms with Crippen molar-refractivity contribution in [2.24, 2.45) is 5.92 Å². The van der Waals surface area contributed by atoms with E-state index in [0.717, 1.165) is 23.6 Å². The van der Waals surface area contributed by atoms with Crippen LogP contribution in [0.25, 0.3) is 0 Å². The Morgan fingerprint density at radius 3 is 2.68 bits per heavy atom. The summed E-state index contributed by atoms with van der Waals surface area (Å²) in [6, 6.07) is 0. The Balaban J connectivity index is 1.86. The summed E-state index contributed by atoms with van der Waals surface area (Å²) >= 11 is 0. The molecule has 1 aromatic heterocycles. The van der Waals surface area contributed by atoms with E-state index in [2.05, 4.69) is 10.3 Å². The number of aromatic nitrogens is 2. The minimum Gasteiger partial charge on any atom is -0.388 e. The van der Waals surface area contributed by atoms with Crippen molar-refractivity contribution in [3.8, 4) is 0 Å². The number of halogens is 1. The van der Waals surface area contributed by atoms with Gasteiger partial charge < -0.3 is 20.3 Å². The molecule has 2 fully saturated rings. The molecule has 2 aliphatic rings. The van der Waals surface area contributed by atoms with Gasteiger partial charge >= 0.3 is 5.69 Å². The zero-order valence-electron chi connectivity index (χ0n) is 11.8. The van der Waals surface area contributed by atoms with Crippen LogP contribution in [0.15, 0.2) is 11.0 Å². The predicted molar refractivity (Wildman–Crippen MR) is 71.4 cm³/mol. The highest BCUT2D eigenvalue weighted by molar-refractivity contribution is 5.93. The number of carbonyl (C=O) groups excluding carboxylic acids is 1. The third kappa shape index (κ3) is 2.62. The minimum absolute atomic E-state index is 0.153. The molecular formula is C13H16FN3O5. The van der Waals surface area contributed by atoms with Crippen LogP contribution >= 0.6 is 0 Å². The highest BCUT2D eigenvalue weighted by Gasteiger charge is 2.42. The quantitative estimate of drug-likeness (QED) is 0.685. The molecule has 4 atom stereocenters. The molecule has 1 aliphatic heterocycles. The number of hydrogen-bond acceptors (Lipinski definition) is 6. The third-order valence-electron chi connectivity index (χ3n) is 3.85. The van der Waals surface area contributed by atoms with Crippen LogP contribution in [0.4, 0.5) is 10.2 Å². The normalized spacial score (nSPS) is 31.3. The predicted octanol–water partition coefficient (Wildman–Crippen LogP) is -0.630. The fourth-order valence-corrected chi connectivity index (χ4v) is 2.34. The number of nitrogens with one attached hydrogen (secondary N) is 1. The number of nitrogens with zero attached hydrogens (tertiary/aromatic N) is 2. The zero-order valence-corrected chi connectivity index (χ0v) is 11.8. The minimum atomic E-state index is -1.37. The van der Waals surface area contributed by atoms with E-state index in [0.29, 0.717) is 0 Å². The summed E-state index contributed by atoms with van der Waals surface area (Å²) < 4.78 is 20.0. The van der Waals surface area contributed by atoms with Crippen molar-refractivity contribution in [2.75, 3.05) is 5.32 Å². The van der Waals surface area contributed by atoms with Gasteiger partial charge in [0, 0.05) is 5.92 Å². The molecule has 3 rings (SSSR count). The second-order valence-electron chi connectivity index (χ2n) is 5.60. The van der Waals surface area contributed by atoms with E-state index >= 15 is 0 Å². The topological polar surface area (TPSA) is 114 Å². The number of amides is 1. The van der Waals surface area contributed by atoms with Gasteiger partial charge in [-0.05, 0) is 19.8 Å². The lowest BCUT2D eigenvalue weighted by atomic mass is 10.1. The summed E-state index contributed by atoms with van der Waals surface area (Å²) in [4.78, 5) is 27.0. The first-order chi connectivity index (χ1) is 10.4. The molecule has 1 aromatic rings. The van der Waals surface area contributed by atoms with Gasteiger partial charge in [0.1, 0.15) is 12.2 Å². The van der Waals surface area contributed by atoms with Crippen LogP contribution in [0.3, 0.4) is 0 Å². The molecule has 1 saturated heterocycles. The maximum Gasteiger partial charge on any atom is 0.351 e. The van der Waals surface area contributed by atoms with Crippen molar-refractivity contribution >= 4 is 11.7 Å². The number of anilines is 1. The molecule has 9 heteroatoms. The van der Waals surface area contributed by atoms with E-state index in [1.165, 1.54) is 6.92 Å². The number of carbonyl (C=O) groups is 1. The molecule has 1 amide bonds. The third-order valence-corrected chi connectivity index (χ3v) is 3.85. The summed E-state index contributed by atoms with van der Waals surface area (Å²) in [5, 5.41) is 21.7. The molecule has 1 aliphatic carbocycles. The Morgan fingerprint density at radius 1 is 1.45 bits per heavy atom.